The highest BCUT2D eigenvalue weighted by atomic mass is 31.2. The van der Waals surface area contributed by atoms with Gasteiger partial charge in [-0.1, -0.05) is 31.3 Å². The lowest BCUT2D eigenvalue weighted by Gasteiger charge is -2.32. The minimum absolute atomic E-state index is 0.0891. The van der Waals surface area contributed by atoms with Gasteiger partial charge in [-0.25, -0.2) is 4.99 Å². The fourth-order valence-electron chi connectivity index (χ4n) is 3.58. The van der Waals surface area contributed by atoms with E-state index in [1.54, 1.807) is 13.0 Å². The van der Waals surface area contributed by atoms with Gasteiger partial charge in [-0.15, -0.1) is 0 Å². The number of aliphatic imine (C=N–C) groups is 1. The van der Waals surface area contributed by atoms with Gasteiger partial charge in [-0.05, 0) is 78.5 Å². The molecule has 0 radical (unpaired) electrons. The van der Waals surface area contributed by atoms with Crippen molar-refractivity contribution in [1.29, 1.82) is 0 Å². The Morgan fingerprint density at radius 1 is 1.05 bits per heavy atom. The summed E-state index contributed by atoms with van der Waals surface area (Å²) in [7, 11) is -1.70. The van der Waals surface area contributed by atoms with Crippen LogP contribution in [0.15, 0.2) is 23.2 Å². The minimum Gasteiger partial charge on any atom is -0.480 e. The van der Waals surface area contributed by atoms with Crippen molar-refractivity contribution >= 4 is 14.5 Å². The molecule has 6 nitrogen and oxygen atoms in total. The highest BCUT2D eigenvalue weighted by Gasteiger charge is 2.39. The predicted molar refractivity (Wildman–Crippen MR) is 149 cm³/mol. The topological polar surface area (TPSA) is 58.5 Å². The Hall–Kier alpha value is -1.85. The van der Waals surface area contributed by atoms with E-state index in [2.05, 4.69) is 23.8 Å². The summed E-state index contributed by atoms with van der Waals surface area (Å²) >= 11 is 0. The Kier molecular flexibility index (Phi) is 12.1. The Balaban J connectivity index is 2.15. The van der Waals surface area contributed by atoms with Crippen molar-refractivity contribution < 1.29 is 36.2 Å². The molecule has 1 aliphatic heterocycles. The number of ether oxygens (including phenoxy) is 2. The molecule has 0 saturated heterocycles. The average Bonchev–Trinajstić information content (AvgIpc) is 3.17. The molecule has 10 heteroatoms. The first-order valence-electron chi connectivity index (χ1n) is 13.3. The van der Waals surface area contributed by atoms with Crippen molar-refractivity contribution in [3.8, 4) is 17.6 Å². The van der Waals surface area contributed by atoms with E-state index >= 15 is 0 Å². The Bertz CT molecular complexity index is 1000. The first-order chi connectivity index (χ1) is 18.0. The first kappa shape index (κ1) is 33.4. The maximum Gasteiger partial charge on any atom is 0.419 e. The Labute approximate surface area is 233 Å². The van der Waals surface area contributed by atoms with Crippen LogP contribution in [0, 0.1) is 11.8 Å². The molecule has 0 fully saturated rings. The van der Waals surface area contributed by atoms with E-state index in [1.165, 1.54) is 6.07 Å². The second-order valence-corrected chi connectivity index (χ2v) is 12.7. The summed E-state index contributed by atoms with van der Waals surface area (Å²) in [4.78, 5) is 4.67. The van der Waals surface area contributed by atoms with Gasteiger partial charge in [-0.3, -0.25) is 0 Å². The largest absolute Gasteiger partial charge is 0.480 e. The zero-order chi connectivity index (χ0) is 29.3. The number of benzene rings is 1. The lowest BCUT2D eigenvalue weighted by atomic mass is 9.93. The molecule has 1 aromatic carbocycles. The van der Waals surface area contributed by atoms with E-state index < -0.39 is 37.1 Å². The van der Waals surface area contributed by atoms with Crippen LogP contribution in [0.1, 0.15) is 92.2 Å². The number of alkyl halides is 3. The number of aryl methyl sites for hydroxylation is 1. The van der Waals surface area contributed by atoms with Crippen LogP contribution in [0.5, 0.6) is 5.75 Å². The standard InChI is InChI=1S/C29H43F3NO5P/c1-9-10-11-12-13-18-34-25-15-14-23(19-24(25)29(30,31)32)16-17-28(20-35-22(2)33-28)21-36-39(37-26(3,4)5)38-27(6,7)8/h14-15,19H,9-11,16-18,20-21H2,1-8H3. The molecular formula is C29H43F3NO5P. The molecule has 220 valence electrons. The van der Waals surface area contributed by atoms with Gasteiger partial charge >= 0.3 is 14.8 Å². The van der Waals surface area contributed by atoms with E-state index in [0.29, 0.717) is 30.7 Å². The van der Waals surface area contributed by atoms with Gasteiger partial charge in [0.05, 0.1) is 23.4 Å². The van der Waals surface area contributed by atoms with Crippen molar-refractivity contribution in [3.63, 3.8) is 0 Å². The molecule has 1 unspecified atom stereocenters. The molecule has 39 heavy (non-hydrogen) atoms. The number of unbranched alkanes of at least 4 members (excludes halogenated alkanes) is 2. The van der Waals surface area contributed by atoms with Gasteiger partial charge in [0.15, 0.2) is 5.90 Å². The van der Waals surface area contributed by atoms with Crippen molar-refractivity contribution in [2.24, 2.45) is 4.99 Å². The maximum absolute atomic E-state index is 13.8. The molecule has 1 aliphatic rings. The molecule has 0 spiro atoms. The Morgan fingerprint density at radius 3 is 2.26 bits per heavy atom. The van der Waals surface area contributed by atoms with Crippen LogP contribution in [0.3, 0.4) is 0 Å². The lowest BCUT2D eigenvalue weighted by Crippen LogP contribution is -2.35. The SMILES string of the molecule is CCCCC#CCOc1ccc(CCC2(COP(OC(C)(C)C)OC(C)(C)C)COC(C)=N2)cc1C(F)(F)F. The number of rotatable bonds is 12. The maximum atomic E-state index is 13.8. The van der Waals surface area contributed by atoms with Gasteiger partial charge < -0.3 is 23.0 Å². The fourth-order valence-corrected chi connectivity index (χ4v) is 4.96. The second-order valence-electron chi connectivity index (χ2n) is 11.6. The molecule has 0 aromatic heterocycles. The molecule has 0 amide bonds. The molecular weight excluding hydrogens is 530 g/mol. The molecule has 1 aromatic rings. The summed E-state index contributed by atoms with van der Waals surface area (Å²) in [6.07, 6.45) is -1.14. The minimum atomic E-state index is -4.56. The first-order valence-corrected chi connectivity index (χ1v) is 14.4. The van der Waals surface area contributed by atoms with Gasteiger partial charge in [0.25, 0.3) is 0 Å². The third kappa shape index (κ3) is 12.5. The van der Waals surface area contributed by atoms with Gasteiger partial charge in [0, 0.05) is 13.3 Å². The van der Waals surface area contributed by atoms with Crippen LogP contribution < -0.4 is 4.74 Å². The van der Waals surface area contributed by atoms with E-state index in [1.807, 2.05) is 41.5 Å². The third-order valence-electron chi connectivity index (χ3n) is 5.39. The lowest BCUT2D eigenvalue weighted by molar-refractivity contribution is -0.138. The van der Waals surface area contributed by atoms with Gasteiger partial charge in [0.2, 0.25) is 0 Å². The Morgan fingerprint density at radius 2 is 1.72 bits per heavy atom. The van der Waals surface area contributed by atoms with E-state index in [4.69, 9.17) is 23.0 Å². The smallest absolute Gasteiger partial charge is 0.419 e. The van der Waals surface area contributed by atoms with E-state index in [0.717, 1.165) is 18.9 Å². The second kappa shape index (κ2) is 14.2. The zero-order valence-electron chi connectivity index (χ0n) is 24.5. The van der Waals surface area contributed by atoms with Gasteiger partial charge in [0.1, 0.15) is 24.5 Å². The highest BCUT2D eigenvalue weighted by Crippen LogP contribution is 2.48. The van der Waals surface area contributed by atoms with E-state index in [9.17, 15) is 13.2 Å². The number of hydrogen-bond donors (Lipinski definition) is 0. The van der Waals surface area contributed by atoms with Crippen LogP contribution in [-0.4, -0.2) is 42.5 Å². The number of nitrogens with zero attached hydrogens (tertiary/aromatic N) is 1. The van der Waals surface area contributed by atoms with Crippen molar-refractivity contribution in [2.75, 3.05) is 19.8 Å². The molecule has 0 bridgehead atoms. The quantitative estimate of drug-likeness (QED) is 0.143. The average molecular weight is 574 g/mol. The summed E-state index contributed by atoms with van der Waals surface area (Å²) in [6.45, 7) is 15.6. The monoisotopic (exact) mass is 573 g/mol. The van der Waals surface area contributed by atoms with Crippen LogP contribution >= 0.6 is 8.60 Å². The van der Waals surface area contributed by atoms with Crippen molar-refractivity contribution in [2.45, 2.75) is 110 Å². The molecule has 1 atom stereocenters. The van der Waals surface area contributed by atoms with Crippen LogP contribution in [0.4, 0.5) is 13.2 Å². The molecule has 0 saturated carbocycles. The number of halogens is 3. The van der Waals surface area contributed by atoms with Crippen molar-refractivity contribution in [3.05, 3.63) is 29.3 Å². The normalized spacial score (nSPS) is 18.0. The van der Waals surface area contributed by atoms with Crippen LogP contribution in [0.25, 0.3) is 0 Å². The molecule has 1 heterocycles. The summed E-state index contributed by atoms with van der Waals surface area (Å²) in [5.41, 5.74) is -2.05. The summed E-state index contributed by atoms with van der Waals surface area (Å²) in [6, 6.07) is 4.15. The van der Waals surface area contributed by atoms with Crippen LogP contribution in [-0.2, 0) is 30.9 Å². The van der Waals surface area contributed by atoms with E-state index in [-0.39, 0.29) is 25.6 Å². The fraction of sp³-hybridized carbons (Fsp3) is 0.690. The molecule has 2 rings (SSSR count). The van der Waals surface area contributed by atoms with Crippen LogP contribution in [0.2, 0.25) is 0 Å². The molecule has 0 aliphatic carbocycles. The number of hydrogen-bond acceptors (Lipinski definition) is 6. The van der Waals surface area contributed by atoms with Crippen molar-refractivity contribution in [1.82, 2.24) is 0 Å². The summed E-state index contributed by atoms with van der Waals surface area (Å²) in [5.74, 6) is 5.99. The predicted octanol–water partition coefficient (Wildman–Crippen LogP) is 8.27. The highest BCUT2D eigenvalue weighted by molar-refractivity contribution is 7.41. The van der Waals surface area contributed by atoms with Gasteiger partial charge in [-0.2, -0.15) is 13.2 Å². The summed E-state index contributed by atoms with van der Waals surface area (Å²) < 4.78 is 70.7. The third-order valence-corrected chi connectivity index (χ3v) is 7.12. The summed E-state index contributed by atoms with van der Waals surface area (Å²) in [5, 5.41) is 0. The zero-order valence-corrected chi connectivity index (χ0v) is 25.4. The molecule has 0 N–H and O–H groups in total.